The summed E-state index contributed by atoms with van der Waals surface area (Å²) >= 11 is 0. The normalized spacial score (nSPS) is 23.9. The molecule has 2 heterocycles. The minimum atomic E-state index is -1.09. The number of likely N-dealkylation sites (tertiary alicyclic amines) is 2. The van der Waals surface area contributed by atoms with Crippen LogP contribution in [0.2, 0.25) is 0 Å². The molecule has 2 saturated heterocycles. The van der Waals surface area contributed by atoms with E-state index in [1.807, 2.05) is 18.2 Å². The number of rotatable bonds is 4. The molecule has 0 aromatic heterocycles. The third kappa shape index (κ3) is 3.43. The molecule has 0 radical (unpaired) electrons. The Morgan fingerprint density at radius 2 is 1.89 bits per heavy atom. The highest BCUT2D eigenvalue weighted by atomic mass is 16.5. The van der Waals surface area contributed by atoms with Gasteiger partial charge in [-0.25, -0.2) is 4.79 Å². The number of urea groups is 1. The topological polar surface area (TPSA) is 90.4 Å². The highest BCUT2D eigenvalue weighted by Gasteiger charge is 2.59. The first-order valence-corrected chi connectivity index (χ1v) is 8.87. The zero-order valence-electron chi connectivity index (χ0n) is 15.8. The first-order valence-electron chi connectivity index (χ1n) is 8.87. The molecular weight excluding hydrogens is 350 g/mol. The van der Waals surface area contributed by atoms with Crippen LogP contribution in [0.1, 0.15) is 5.56 Å². The van der Waals surface area contributed by atoms with Crippen molar-refractivity contribution in [3.05, 3.63) is 29.8 Å². The largest absolute Gasteiger partial charge is 0.497 e. The molecule has 1 N–H and O–H groups in total. The van der Waals surface area contributed by atoms with Crippen molar-refractivity contribution in [1.82, 2.24) is 14.7 Å². The van der Waals surface area contributed by atoms with Crippen molar-refractivity contribution in [2.45, 2.75) is 6.42 Å². The maximum atomic E-state index is 12.7. The molecule has 8 nitrogen and oxygen atoms in total. The number of methoxy groups -OCH3 is 1. The third-order valence-corrected chi connectivity index (χ3v) is 5.53. The molecule has 27 heavy (non-hydrogen) atoms. The molecule has 2 aliphatic rings. The highest BCUT2D eigenvalue weighted by molar-refractivity contribution is 5.84. The van der Waals surface area contributed by atoms with Gasteiger partial charge in [0.1, 0.15) is 11.2 Å². The molecule has 8 heteroatoms. The lowest BCUT2D eigenvalue weighted by Gasteiger charge is -2.27. The summed E-state index contributed by atoms with van der Waals surface area (Å²) in [6.07, 6.45) is 0.194. The first-order chi connectivity index (χ1) is 12.8. The molecule has 3 rings (SSSR count). The van der Waals surface area contributed by atoms with Crippen LogP contribution >= 0.6 is 0 Å². The van der Waals surface area contributed by atoms with Gasteiger partial charge in [-0.1, -0.05) is 12.1 Å². The maximum Gasteiger partial charge on any atom is 0.319 e. The van der Waals surface area contributed by atoms with E-state index in [2.05, 4.69) is 0 Å². The van der Waals surface area contributed by atoms with E-state index in [0.717, 1.165) is 5.56 Å². The summed E-state index contributed by atoms with van der Waals surface area (Å²) in [7, 11) is 4.86. The summed E-state index contributed by atoms with van der Waals surface area (Å²) in [5.74, 6) is -0.631. The van der Waals surface area contributed by atoms with Gasteiger partial charge < -0.3 is 24.5 Å². The second kappa shape index (κ2) is 7.09. The monoisotopic (exact) mass is 375 g/mol. The van der Waals surface area contributed by atoms with Crippen molar-refractivity contribution in [3.63, 3.8) is 0 Å². The molecule has 3 amide bonds. The Hall–Kier alpha value is -2.77. The van der Waals surface area contributed by atoms with Gasteiger partial charge in [0.25, 0.3) is 0 Å². The molecule has 0 spiro atoms. The summed E-state index contributed by atoms with van der Waals surface area (Å²) in [5.41, 5.74) is -0.263. The van der Waals surface area contributed by atoms with Gasteiger partial charge in [0.05, 0.1) is 13.5 Å². The van der Waals surface area contributed by atoms with Gasteiger partial charge in [0.2, 0.25) is 5.91 Å². The molecule has 0 saturated carbocycles. The van der Waals surface area contributed by atoms with Crippen molar-refractivity contribution in [1.29, 1.82) is 0 Å². The van der Waals surface area contributed by atoms with E-state index < -0.39 is 11.4 Å². The van der Waals surface area contributed by atoms with Crippen LogP contribution in [0.5, 0.6) is 5.75 Å². The van der Waals surface area contributed by atoms with Gasteiger partial charge in [-0.05, 0) is 17.7 Å². The van der Waals surface area contributed by atoms with Crippen LogP contribution in [0.25, 0.3) is 0 Å². The number of aliphatic carboxylic acids is 1. The number of amides is 3. The molecule has 2 atom stereocenters. The summed E-state index contributed by atoms with van der Waals surface area (Å²) < 4.78 is 5.18. The molecule has 2 aliphatic heterocycles. The third-order valence-electron chi connectivity index (χ3n) is 5.53. The van der Waals surface area contributed by atoms with E-state index in [1.165, 1.54) is 4.90 Å². The van der Waals surface area contributed by atoms with Gasteiger partial charge in [-0.15, -0.1) is 0 Å². The zero-order valence-corrected chi connectivity index (χ0v) is 15.8. The zero-order chi connectivity index (χ0) is 19.8. The van der Waals surface area contributed by atoms with Gasteiger partial charge in [-0.3, -0.25) is 9.59 Å². The van der Waals surface area contributed by atoms with Crippen LogP contribution in [0.3, 0.4) is 0 Å². The number of carbonyl (C=O) groups excluding carboxylic acids is 2. The number of carboxylic acids is 1. The Morgan fingerprint density at radius 3 is 2.48 bits per heavy atom. The predicted molar refractivity (Wildman–Crippen MR) is 97.5 cm³/mol. The number of hydrogen-bond acceptors (Lipinski definition) is 4. The lowest BCUT2D eigenvalue weighted by Crippen LogP contribution is -2.45. The second-order valence-corrected chi connectivity index (χ2v) is 7.52. The van der Waals surface area contributed by atoms with Gasteiger partial charge in [0.15, 0.2) is 0 Å². The maximum absolute atomic E-state index is 12.7. The fourth-order valence-corrected chi connectivity index (χ4v) is 4.06. The minimum Gasteiger partial charge on any atom is -0.497 e. The number of nitrogens with zero attached hydrogens (tertiary/aromatic N) is 3. The summed E-state index contributed by atoms with van der Waals surface area (Å²) in [5, 5.41) is 9.86. The van der Waals surface area contributed by atoms with E-state index in [9.17, 15) is 19.5 Å². The van der Waals surface area contributed by atoms with Crippen LogP contribution in [0.4, 0.5) is 4.79 Å². The molecule has 0 unspecified atom stereocenters. The average molecular weight is 375 g/mol. The second-order valence-electron chi connectivity index (χ2n) is 7.52. The van der Waals surface area contributed by atoms with E-state index >= 15 is 0 Å². The van der Waals surface area contributed by atoms with Crippen molar-refractivity contribution in [3.8, 4) is 5.75 Å². The Labute approximate surface area is 158 Å². The standard InChI is InChI=1S/C19H25N3O5/c1-20(2)18(26)22-10-14-9-21(11-19(14,12-22)17(24)25)16(23)8-13-5-4-6-15(7-13)27-3/h4-7,14H,8-12H2,1-3H3,(H,24,25)/t14-,19-/m0/s1. The summed E-state index contributed by atoms with van der Waals surface area (Å²) in [6, 6.07) is 7.09. The fraction of sp³-hybridized carbons (Fsp3) is 0.526. The average Bonchev–Trinajstić information content (AvgIpc) is 3.16. The molecule has 0 bridgehead atoms. The minimum absolute atomic E-state index is 0.108. The molecule has 1 aromatic carbocycles. The molecule has 2 fully saturated rings. The molecule has 0 aliphatic carbocycles. The first kappa shape index (κ1) is 19.0. The number of hydrogen-bond donors (Lipinski definition) is 1. The number of ether oxygens (including phenoxy) is 1. The van der Waals surface area contributed by atoms with Crippen LogP contribution < -0.4 is 4.74 Å². The smallest absolute Gasteiger partial charge is 0.319 e. The van der Waals surface area contributed by atoms with Crippen LogP contribution in [0, 0.1) is 11.3 Å². The number of carboxylic acid groups (broad SMARTS) is 1. The molecular formula is C19H25N3O5. The van der Waals surface area contributed by atoms with Crippen LogP contribution in [0.15, 0.2) is 24.3 Å². The van der Waals surface area contributed by atoms with E-state index in [1.54, 1.807) is 37.1 Å². The van der Waals surface area contributed by atoms with Crippen LogP contribution in [-0.2, 0) is 16.0 Å². The predicted octanol–water partition coefficient (Wildman–Crippen LogP) is 0.764. The van der Waals surface area contributed by atoms with E-state index in [0.29, 0.717) is 18.8 Å². The summed E-state index contributed by atoms with van der Waals surface area (Å²) in [4.78, 5) is 41.6. The van der Waals surface area contributed by atoms with Crippen molar-refractivity contribution in [2.24, 2.45) is 11.3 Å². The Balaban J connectivity index is 1.72. The van der Waals surface area contributed by atoms with Gasteiger partial charge >= 0.3 is 12.0 Å². The van der Waals surface area contributed by atoms with Gasteiger partial charge in [0, 0.05) is 46.2 Å². The Morgan fingerprint density at radius 1 is 1.22 bits per heavy atom. The number of benzene rings is 1. The SMILES string of the molecule is COc1cccc(CC(=O)N2C[C@H]3CN(C(=O)N(C)C)C[C@@]3(C(=O)O)C2)c1. The molecule has 146 valence electrons. The quantitative estimate of drug-likeness (QED) is 0.839. The Kier molecular flexibility index (Phi) is 4.99. The highest BCUT2D eigenvalue weighted by Crippen LogP contribution is 2.43. The van der Waals surface area contributed by atoms with Crippen molar-refractivity contribution < 1.29 is 24.2 Å². The Bertz CT molecular complexity index is 765. The fourth-order valence-electron chi connectivity index (χ4n) is 4.06. The molecule has 1 aromatic rings. The van der Waals surface area contributed by atoms with Crippen molar-refractivity contribution >= 4 is 17.9 Å². The number of carbonyl (C=O) groups is 3. The van der Waals surface area contributed by atoms with Crippen molar-refractivity contribution in [2.75, 3.05) is 47.4 Å². The number of fused-ring (bicyclic) bond motifs is 1. The lowest BCUT2D eigenvalue weighted by molar-refractivity contribution is -0.149. The van der Waals surface area contributed by atoms with Crippen LogP contribution in [-0.4, -0.2) is 85.1 Å². The van der Waals surface area contributed by atoms with E-state index in [4.69, 9.17) is 4.74 Å². The lowest BCUT2D eigenvalue weighted by atomic mass is 9.81. The van der Waals surface area contributed by atoms with Gasteiger partial charge in [-0.2, -0.15) is 0 Å². The summed E-state index contributed by atoms with van der Waals surface area (Å²) in [6.45, 7) is 0.971. The van der Waals surface area contributed by atoms with E-state index in [-0.39, 0.29) is 37.4 Å².